The number of nitrogens with one attached hydrogen (secondary N) is 1. The fraction of sp³-hybridized carbons (Fsp3) is 0.800. The van der Waals surface area contributed by atoms with Gasteiger partial charge in [0.15, 0.2) is 5.16 Å². The number of thioether (sulfide) groups is 1. The van der Waals surface area contributed by atoms with E-state index in [2.05, 4.69) is 29.2 Å². The molecule has 0 bridgehead atoms. The first-order chi connectivity index (χ1) is 7.24. The highest BCUT2D eigenvalue weighted by Crippen LogP contribution is 2.16. The van der Waals surface area contributed by atoms with Crippen LogP contribution in [0.25, 0.3) is 0 Å². The fourth-order valence-electron chi connectivity index (χ4n) is 1.22. The monoisotopic (exact) mass is 228 g/mol. The lowest BCUT2D eigenvalue weighted by Crippen LogP contribution is -2.23. The molecule has 5 heteroatoms. The van der Waals surface area contributed by atoms with Crippen LogP contribution in [0.5, 0.6) is 0 Å². The van der Waals surface area contributed by atoms with Crippen molar-refractivity contribution in [3.63, 3.8) is 0 Å². The van der Waals surface area contributed by atoms with Gasteiger partial charge in [0, 0.05) is 12.8 Å². The molecule has 1 atom stereocenters. The summed E-state index contributed by atoms with van der Waals surface area (Å²) in [6.45, 7) is 6.63. The number of rotatable bonds is 7. The van der Waals surface area contributed by atoms with Gasteiger partial charge in [0.1, 0.15) is 6.33 Å². The average molecular weight is 228 g/mol. The van der Waals surface area contributed by atoms with Crippen LogP contribution in [-0.2, 0) is 7.05 Å². The van der Waals surface area contributed by atoms with Crippen LogP contribution in [0.15, 0.2) is 11.5 Å². The molecule has 1 unspecified atom stereocenters. The van der Waals surface area contributed by atoms with E-state index in [-0.39, 0.29) is 0 Å². The summed E-state index contributed by atoms with van der Waals surface area (Å²) in [7, 11) is 1.93. The third kappa shape index (κ3) is 4.66. The van der Waals surface area contributed by atoms with Crippen LogP contribution in [0.4, 0.5) is 0 Å². The Labute approximate surface area is 95.9 Å². The molecule has 86 valence electrons. The van der Waals surface area contributed by atoms with Crippen LogP contribution in [0, 0.1) is 5.92 Å². The third-order valence-electron chi connectivity index (χ3n) is 2.09. The van der Waals surface area contributed by atoms with E-state index in [1.807, 2.05) is 11.7 Å². The minimum atomic E-state index is 0.665. The van der Waals surface area contributed by atoms with Gasteiger partial charge in [-0.15, -0.1) is 0 Å². The maximum Gasteiger partial charge on any atom is 0.185 e. The summed E-state index contributed by atoms with van der Waals surface area (Å²) < 4.78 is 1.82. The second-order valence-corrected chi connectivity index (χ2v) is 4.77. The Hall–Kier alpha value is -0.550. The highest BCUT2D eigenvalue weighted by molar-refractivity contribution is 7.99. The largest absolute Gasteiger partial charge is 0.316 e. The first-order valence-corrected chi connectivity index (χ1v) is 6.40. The van der Waals surface area contributed by atoms with Gasteiger partial charge in [0.25, 0.3) is 0 Å². The molecule has 0 aliphatic heterocycles. The minimum Gasteiger partial charge on any atom is -0.316 e. The molecule has 1 heterocycles. The maximum atomic E-state index is 4.18. The molecule has 1 aromatic rings. The predicted molar refractivity (Wildman–Crippen MR) is 64.1 cm³/mol. The summed E-state index contributed by atoms with van der Waals surface area (Å²) in [6, 6.07) is 0. The van der Waals surface area contributed by atoms with Crippen LogP contribution in [0.3, 0.4) is 0 Å². The van der Waals surface area contributed by atoms with Crippen molar-refractivity contribution in [3.05, 3.63) is 6.33 Å². The second kappa shape index (κ2) is 6.85. The summed E-state index contributed by atoms with van der Waals surface area (Å²) in [5.41, 5.74) is 0. The van der Waals surface area contributed by atoms with Gasteiger partial charge < -0.3 is 5.32 Å². The molecule has 0 aliphatic rings. The van der Waals surface area contributed by atoms with E-state index in [9.17, 15) is 0 Å². The lowest BCUT2D eigenvalue weighted by Gasteiger charge is -2.10. The van der Waals surface area contributed by atoms with Gasteiger partial charge in [-0.3, -0.25) is 0 Å². The highest BCUT2D eigenvalue weighted by Gasteiger charge is 2.05. The zero-order chi connectivity index (χ0) is 11.1. The molecule has 0 aromatic carbocycles. The van der Waals surface area contributed by atoms with Crippen molar-refractivity contribution in [2.75, 3.05) is 18.8 Å². The summed E-state index contributed by atoms with van der Waals surface area (Å²) in [5.74, 6) is 1.75. The van der Waals surface area contributed by atoms with E-state index in [0.29, 0.717) is 5.92 Å². The summed E-state index contributed by atoms with van der Waals surface area (Å²) in [4.78, 5) is 4.18. The van der Waals surface area contributed by atoms with E-state index in [4.69, 9.17) is 0 Å². The van der Waals surface area contributed by atoms with Crippen LogP contribution < -0.4 is 5.32 Å². The molecule has 1 rings (SSSR count). The molecule has 1 N–H and O–H groups in total. The number of nitrogens with zero attached hydrogens (tertiary/aromatic N) is 3. The molecule has 0 fully saturated rings. The number of hydrogen-bond donors (Lipinski definition) is 1. The average Bonchev–Trinajstić information content (AvgIpc) is 2.61. The first-order valence-electron chi connectivity index (χ1n) is 5.41. The van der Waals surface area contributed by atoms with E-state index < -0.39 is 0 Å². The Bertz CT molecular complexity index is 274. The highest BCUT2D eigenvalue weighted by atomic mass is 32.2. The molecular weight excluding hydrogens is 208 g/mol. The number of aryl methyl sites for hydroxylation is 1. The van der Waals surface area contributed by atoms with Crippen molar-refractivity contribution in [3.8, 4) is 0 Å². The van der Waals surface area contributed by atoms with Gasteiger partial charge in [0.05, 0.1) is 0 Å². The topological polar surface area (TPSA) is 42.7 Å². The van der Waals surface area contributed by atoms with E-state index in [1.54, 1.807) is 18.1 Å². The third-order valence-corrected chi connectivity index (χ3v) is 3.45. The lowest BCUT2D eigenvalue weighted by molar-refractivity contribution is 0.556. The molecule has 0 amide bonds. The van der Waals surface area contributed by atoms with Crippen molar-refractivity contribution in [1.29, 1.82) is 0 Å². The Morgan fingerprint density at radius 1 is 1.60 bits per heavy atom. The smallest absolute Gasteiger partial charge is 0.185 e. The molecule has 1 aromatic heterocycles. The van der Waals surface area contributed by atoms with Gasteiger partial charge in [-0.05, 0) is 25.4 Å². The first kappa shape index (κ1) is 12.5. The summed E-state index contributed by atoms with van der Waals surface area (Å²) in [6.07, 6.45) is 2.80. The maximum absolute atomic E-state index is 4.18. The summed E-state index contributed by atoms with van der Waals surface area (Å²) >= 11 is 1.77. The molecule has 0 spiro atoms. The molecule has 0 saturated heterocycles. The van der Waals surface area contributed by atoms with Gasteiger partial charge in [0.2, 0.25) is 0 Å². The van der Waals surface area contributed by atoms with Crippen molar-refractivity contribution in [2.24, 2.45) is 13.0 Å². The second-order valence-electron chi connectivity index (χ2n) is 3.79. The van der Waals surface area contributed by atoms with E-state index in [0.717, 1.165) is 24.0 Å². The Morgan fingerprint density at radius 2 is 2.40 bits per heavy atom. The van der Waals surface area contributed by atoms with Crippen molar-refractivity contribution < 1.29 is 0 Å². The Kier molecular flexibility index (Phi) is 5.71. The van der Waals surface area contributed by atoms with Crippen LogP contribution in [0.2, 0.25) is 0 Å². The molecule has 0 radical (unpaired) electrons. The molecular formula is C10H20N4S. The SMILES string of the molecule is CCCNCC(C)CSc1ncnn1C. The molecule has 4 nitrogen and oxygen atoms in total. The van der Waals surface area contributed by atoms with E-state index >= 15 is 0 Å². The minimum absolute atomic E-state index is 0.665. The quantitative estimate of drug-likeness (QED) is 0.568. The fourth-order valence-corrected chi connectivity index (χ4v) is 2.12. The van der Waals surface area contributed by atoms with Gasteiger partial charge in [-0.25, -0.2) is 9.67 Å². The van der Waals surface area contributed by atoms with Crippen LogP contribution in [0.1, 0.15) is 20.3 Å². The Balaban J connectivity index is 2.16. The van der Waals surface area contributed by atoms with E-state index in [1.165, 1.54) is 6.42 Å². The number of aromatic nitrogens is 3. The standard InChI is InChI=1S/C10H20N4S/c1-4-5-11-6-9(2)7-15-10-12-8-13-14(10)3/h8-9,11H,4-7H2,1-3H3. The van der Waals surface area contributed by atoms with Crippen molar-refractivity contribution >= 4 is 11.8 Å². The summed E-state index contributed by atoms with van der Waals surface area (Å²) in [5, 5.41) is 8.46. The van der Waals surface area contributed by atoms with Crippen molar-refractivity contribution in [2.45, 2.75) is 25.4 Å². The van der Waals surface area contributed by atoms with Gasteiger partial charge in [-0.1, -0.05) is 25.6 Å². The van der Waals surface area contributed by atoms with Gasteiger partial charge >= 0.3 is 0 Å². The zero-order valence-electron chi connectivity index (χ0n) is 9.73. The van der Waals surface area contributed by atoms with Crippen LogP contribution in [-0.4, -0.2) is 33.6 Å². The molecule has 0 aliphatic carbocycles. The lowest BCUT2D eigenvalue weighted by atomic mass is 10.2. The molecule has 15 heavy (non-hydrogen) atoms. The molecule has 0 saturated carbocycles. The Morgan fingerprint density at radius 3 is 3.00 bits per heavy atom. The normalized spacial score (nSPS) is 13.0. The van der Waals surface area contributed by atoms with Crippen molar-refractivity contribution in [1.82, 2.24) is 20.1 Å². The van der Waals surface area contributed by atoms with Crippen LogP contribution >= 0.6 is 11.8 Å². The number of hydrogen-bond acceptors (Lipinski definition) is 4. The zero-order valence-corrected chi connectivity index (χ0v) is 10.5. The van der Waals surface area contributed by atoms with Gasteiger partial charge in [-0.2, -0.15) is 5.10 Å². The predicted octanol–water partition coefficient (Wildman–Crippen LogP) is 1.54.